The molecule has 0 spiro atoms. The van der Waals surface area contributed by atoms with Gasteiger partial charge in [-0.2, -0.15) is 5.10 Å². The first-order valence-corrected chi connectivity index (χ1v) is 10.4. The Hall–Kier alpha value is -2.67. The maximum absolute atomic E-state index is 12.3. The summed E-state index contributed by atoms with van der Waals surface area (Å²) in [5.74, 6) is 0.939. The summed E-state index contributed by atoms with van der Waals surface area (Å²) in [6, 6.07) is 6.48. The van der Waals surface area contributed by atoms with Crippen molar-refractivity contribution >= 4 is 16.9 Å². The molecule has 0 aliphatic carbocycles. The average molecular weight is 396 g/mol. The summed E-state index contributed by atoms with van der Waals surface area (Å²) in [4.78, 5) is 20.2. The van der Waals surface area contributed by atoms with E-state index in [0.717, 1.165) is 35.6 Å². The van der Waals surface area contributed by atoms with Crippen molar-refractivity contribution < 1.29 is 9.53 Å². The molecule has 0 bridgehead atoms. The fourth-order valence-electron chi connectivity index (χ4n) is 3.89. The van der Waals surface area contributed by atoms with Gasteiger partial charge in [0.1, 0.15) is 5.82 Å². The fraction of sp³-hybridized carbons (Fsp3) is 0.500. The number of benzene rings is 1. The van der Waals surface area contributed by atoms with Gasteiger partial charge in [-0.25, -0.2) is 4.98 Å². The number of nitrogens with zero attached hydrogens (tertiary/aromatic N) is 3. The molecule has 3 heterocycles. The summed E-state index contributed by atoms with van der Waals surface area (Å²) in [6.45, 7) is 8.25. The molecule has 0 radical (unpaired) electrons. The van der Waals surface area contributed by atoms with E-state index >= 15 is 0 Å². The number of amides is 1. The second-order valence-corrected chi connectivity index (χ2v) is 8.02. The minimum atomic E-state index is 0.0431. The van der Waals surface area contributed by atoms with Gasteiger partial charge >= 0.3 is 0 Å². The highest BCUT2D eigenvalue weighted by molar-refractivity contribution is 5.76. The molecule has 29 heavy (non-hydrogen) atoms. The van der Waals surface area contributed by atoms with E-state index in [2.05, 4.69) is 52.9 Å². The Morgan fingerprint density at radius 2 is 2.21 bits per heavy atom. The maximum Gasteiger partial charge on any atom is 0.220 e. The van der Waals surface area contributed by atoms with Crippen LogP contribution in [0.1, 0.15) is 54.6 Å². The van der Waals surface area contributed by atoms with Crippen molar-refractivity contribution in [2.75, 3.05) is 13.2 Å². The van der Waals surface area contributed by atoms with E-state index in [9.17, 15) is 4.79 Å². The standard InChI is InChI=1S/C22H29N5O2/c1-14(2)27-20-9-11-29-13-16(20)17(26-27)6-7-22(28)23-10-8-21-24-18-5-4-15(3)12-19(18)25-21/h4-5,12,14H,6-11,13H2,1-3H3,(H,23,28)(H,24,25). The molecule has 0 unspecified atom stereocenters. The van der Waals surface area contributed by atoms with Crippen molar-refractivity contribution in [2.45, 2.75) is 59.1 Å². The molecule has 154 valence electrons. The Morgan fingerprint density at radius 1 is 1.34 bits per heavy atom. The van der Waals surface area contributed by atoms with E-state index < -0.39 is 0 Å². The van der Waals surface area contributed by atoms with Crippen molar-refractivity contribution in [1.82, 2.24) is 25.1 Å². The number of nitrogens with one attached hydrogen (secondary N) is 2. The Morgan fingerprint density at radius 3 is 3.03 bits per heavy atom. The quantitative estimate of drug-likeness (QED) is 0.644. The van der Waals surface area contributed by atoms with E-state index in [4.69, 9.17) is 9.84 Å². The molecule has 1 aliphatic rings. The molecule has 0 saturated carbocycles. The van der Waals surface area contributed by atoms with Crippen LogP contribution in [0.15, 0.2) is 18.2 Å². The predicted molar refractivity (Wildman–Crippen MR) is 112 cm³/mol. The summed E-state index contributed by atoms with van der Waals surface area (Å²) in [5, 5.41) is 7.77. The van der Waals surface area contributed by atoms with E-state index in [-0.39, 0.29) is 5.91 Å². The summed E-state index contributed by atoms with van der Waals surface area (Å²) in [6.07, 6.45) is 2.65. The lowest BCUT2D eigenvalue weighted by molar-refractivity contribution is -0.121. The molecule has 4 rings (SSSR count). The Bertz CT molecular complexity index is 1020. The van der Waals surface area contributed by atoms with Crippen LogP contribution < -0.4 is 5.32 Å². The Balaban J connectivity index is 1.30. The van der Waals surface area contributed by atoms with Crippen molar-refractivity contribution in [3.8, 4) is 0 Å². The molecule has 0 fully saturated rings. The molecule has 1 amide bonds. The first kappa shape index (κ1) is 19.6. The first-order valence-electron chi connectivity index (χ1n) is 10.4. The summed E-state index contributed by atoms with van der Waals surface area (Å²) in [5.41, 5.74) is 6.64. The summed E-state index contributed by atoms with van der Waals surface area (Å²) >= 11 is 0. The Kier molecular flexibility index (Phi) is 5.67. The van der Waals surface area contributed by atoms with Crippen LogP contribution in [0.4, 0.5) is 0 Å². The van der Waals surface area contributed by atoms with E-state index in [1.54, 1.807) is 0 Å². The third-order valence-corrected chi connectivity index (χ3v) is 5.38. The van der Waals surface area contributed by atoms with Crippen LogP contribution >= 0.6 is 0 Å². The SMILES string of the molecule is Cc1ccc2nc(CCNC(=O)CCc3nn(C(C)C)c4c3COCC4)[nH]c2c1. The van der Waals surface area contributed by atoms with Gasteiger partial charge < -0.3 is 15.0 Å². The van der Waals surface area contributed by atoms with Crippen molar-refractivity contribution in [2.24, 2.45) is 0 Å². The minimum absolute atomic E-state index is 0.0431. The topological polar surface area (TPSA) is 84.8 Å². The number of ether oxygens (including phenoxy) is 1. The number of hydrogen-bond donors (Lipinski definition) is 2. The van der Waals surface area contributed by atoms with Gasteiger partial charge in [-0.15, -0.1) is 0 Å². The molecule has 1 aliphatic heterocycles. The molecular weight excluding hydrogens is 366 g/mol. The lowest BCUT2D eigenvalue weighted by Crippen LogP contribution is -2.26. The minimum Gasteiger partial charge on any atom is -0.376 e. The van der Waals surface area contributed by atoms with Gasteiger partial charge in [0.25, 0.3) is 0 Å². The third-order valence-electron chi connectivity index (χ3n) is 5.38. The summed E-state index contributed by atoms with van der Waals surface area (Å²) < 4.78 is 7.71. The van der Waals surface area contributed by atoms with Crippen LogP contribution in [-0.4, -0.2) is 38.8 Å². The van der Waals surface area contributed by atoms with Gasteiger partial charge in [-0.1, -0.05) is 6.07 Å². The van der Waals surface area contributed by atoms with Gasteiger partial charge in [-0.3, -0.25) is 9.48 Å². The van der Waals surface area contributed by atoms with Gasteiger partial charge in [0.15, 0.2) is 0 Å². The third kappa shape index (κ3) is 4.34. The fourth-order valence-corrected chi connectivity index (χ4v) is 3.89. The van der Waals surface area contributed by atoms with Crippen molar-refractivity contribution in [3.63, 3.8) is 0 Å². The van der Waals surface area contributed by atoms with Crippen LogP contribution in [0.2, 0.25) is 0 Å². The number of carbonyl (C=O) groups excluding carboxylic acids is 1. The van der Waals surface area contributed by atoms with E-state index in [0.29, 0.717) is 38.5 Å². The molecule has 3 aromatic rings. The van der Waals surface area contributed by atoms with Crippen molar-refractivity contribution in [3.05, 3.63) is 46.5 Å². The van der Waals surface area contributed by atoms with Crippen LogP contribution in [-0.2, 0) is 35.4 Å². The van der Waals surface area contributed by atoms with E-state index in [1.165, 1.54) is 16.8 Å². The summed E-state index contributed by atoms with van der Waals surface area (Å²) in [7, 11) is 0. The number of H-pyrrole nitrogens is 1. The predicted octanol–water partition coefficient (Wildman–Crippen LogP) is 3.01. The number of aromatic nitrogens is 4. The molecule has 0 atom stereocenters. The van der Waals surface area contributed by atoms with Crippen LogP contribution in [0.5, 0.6) is 0 Å². The number of rotatable bonds is 7. The molecule has 0 saturated heterocycles. The van der Waals surface area contributed by atoms with Gasteiger partial charge in [0.2, 0.25) is 5.91 Å². The zero-order chi connectivity index (χ0) is 20.4. The average Bonchev–Trinajstić information content (AvgIpc) is 3.27. The number of hydrogen-bond acceptors (Lipinski definition) is 4. The van der Waals surface area contributed by atoms with Crippen LogP contribution in [0.3, 0.4) is 0 Å². The van der Waals surface area contributed by atoms with Crippen LogP contribution in [0, 0.1) is 6.92 Å². The monoisotopic (exact) mass is 395 g/mol. The lowest BCUT2D eigenvalue weighted by atomic mass is 10.1. The van der Waals surface area contributed by atoms with E-state index in [1.807, 2.05) is 6.07 Å². The highest BCUT2D eigenvalue weighted by atomic mass is 16.5. The maximum atomic E-state index is 12.3. The molecule has 2 aromatic heterocycles. The molecule has 2 N–H and O–H groups in total. The number of imidazole rings is 1. The molecule has 7 heteroatoms. The molecular formula is C22H29N5O2. The normalized spacial score (nSPS) is 13.8. The zero-order valence-electron chi connectivity index (χ0n) is 17.4. The number of aryl methyl sites for hydroxylation is 2. The number of aromatic amines is 1. The van der Waals surface area contributed by atoms with Gasteiger partial charge in [-0.05, 0) is 38.5 Å². The second-order valence-electron chi connectivity index (χ2n) is 8.02. The zero-order valence-corrected chi connectivity index (χ0v) is 17.4. The highest BCUT2D eigenvalue weighted by Crippen LogP contribution is 2.24. The first-order chi connectivity index (χ1) is 14.0. The largest absolute Gasteiger partial charge is 0.376 e. The lowest BCUT2D eigenvalue weighted by Gasteiger charge is -2.16. The van der Waals surface area contributed by atoms with Gasteiger partial charge in [0.05, 0.1) is 29.9 Å². The second kappa shape index (κ2) is 8.37. The van der Waals surface area contributed by atoms with Crippen LogP contribution in [0.25, 0.3) is 11.0 Å². The number of carbonyl (C=O) groups is 1. The van der Waals surface area contributed by atoms with Gasteiger partial charge in [0, 0.05) is 49.5 Å². The molecule has 7 nitrogen and oxygen atoms in total. The smallest absolute Gasteiger partial charge is 0.220 e. The Labute approximate surface area is 170 Å². The molecule has 1 aromatic carbocycles. The highest BCUT2D eigenvalue weighted by Gasteiger charge is 2.22. The van der Waals surface area contributed by atoms with Crippen molar-refractivity contribution in [1.29, 1.82) is 0 Å². The number of fused-ring (bicyclic) bond motifs is 2.